The van der Waals surface area contributed by atoms with Gasteiger partial charge in [-0.3, -0.25) is 4.79 Å². The highest BCUT2D eigenvalue weighted by atomic mass is 16.5. The molecular formula is C11H12N2O2. The van der Waals surface area contributed by atoms with Gasteiger partial charge in [-0.2, -0.15) is 0 Å². The quantitative estimate of drug-likeness (QED) is 0.719. The zero-order valence-corrected chi connectivity index (χ0v) is 8.73. The van der Waals surface area contributed by atoms with Gasteiger partial charge in [0.05, 0.1) is 12.2 Å². The third-order valence-electron chi connectivity index (χ3n) is 2.17. The fourth-order valence-electron chi connectivity index (χ4n) is 1.42. The first kappa shape index (κ1) is 9.71. The molecule has 0 amide bonds. The molecule has 2 aromatic rings. The van der Waals surface area contributed by atoms with E-state index in [-0.39, 0.29) is 5.78 Å². The first-order chi connectivity index (χ1) is 7.15. The van der Waals surface area contributed by atoms with Crippen molar-refractivity contribution in [3.05, 3.63) is 41.5 Å². The molecule has 0 saturated carbocycles. The van der Waals surface area contributed by atoms with Gasteiger partial charge >= 0.3 is 0 Å². The van der Waals surface area contributed by atoms with Gasteiger partial charge in [-0.15, -0.1) is 0 Å². The van der Waals surface area contributed by atoms with Gasteiger partial charge < -0.3 is 9.09 Å². The van der Waals surface area contributed by atoms with E-state index in [0.717, 1.165) is 11.5 Å². The number of carbonyl (C=O) groups is 1. The van der Waals surface area contributed by atoms with E-state index >= 15 is 0 Å². The normalized spacial score (nSPS) is 10.5. The van der Waals surface area contributed by atoms with Crippen molar-refractivity contribution in [2.75, 3.05) is 0 Å². The molecule has 0 atom stereocenters. The fraction of sp³-hybridized carbons (Fsp3) is 0.273. The Kier molecular flexibility index (Phi) is 2.41. The zero-order chi connectivity index (χ0) is 10.8. The van der Waals surface area contributed by atoms with Crippen LogP contribution in [0.4, 0.5) is 0 Å². The van der Waals surface area contributed by atoms with Crippen LogP contribution in [0.1, 0.15) is 28.7 Å². The molecule has 15 heavy (non-hydrogen) atoms. The van der Waals surface area contributed by atoms with E-state index in [1.807, 2.05) is 23.8 Å². The number of hydrogen-bond donors (Lipinski definition) is 0. The average molecular weight is 204 g/mol. The highest BCUT2D eigenvalue weighted by Crippen LogP contribution is 2.08. The number of carbonyl (C=O) groups excluding carboxylic acids is 1. The molecule has 4 heteroatoms. The monoisotopic (exact) mass is 204 g/mol. The Labute approximate surface area is 87.5 Å². The van der Waals surface area contributed by atoms with Gasteiger partial charge in [-0.05, 0) is 19.9 Å². The Morgan fingerprint density at radius 1 is 1.60 bits per heavy atom. The number of Topliss-reactive ketones (excluding diaryl/α,β-unsaturated/α-hetero) is 1. The molecule has 0 radical (unpaired) electrons. The van der Waals surface area contributed by atoms with Crippen molar-refractivity contribution in [1.29, 1.82) is 0 Å². The molecule has 2 heterocycles. The van der Waals surface area contributed by atoms with Crippen molar-refractivity contribution in [2.45, 2.75) is 20.4 Å². The van der Waals surface area contributed by atoms with Crippen LogP contribution in [0.15, 0.2) is 29.0 Å². The van der Waals surface area contributed by atoms with Crippen LogP contribution in [0.3, 0.4) is 0 Å². The van der Waals surface area contributed by atoms with Crippen LogP contribution in [-0.2, 0) is 6.54 Å². The topological polar surface area (TPSA) is 48.0 Å². The van der Waals surface area contributed by atoms with Crippen molar-refractivity contribution in [1.82, 2.24) is 9.72 Å². The maximum atomic E-state index is 11.1. The lowest BCUT2D eigenvalue weighted by Crippen LogP contribution is -1.95. The van der Waals surface area contributed by atoms with Crippen LogP contribution < -0.4 is 0 Å². The zero-order valence-electron chi connectivity index (χ0n) is 8.73. The molecule has 0 fully saturated rings. The van der Waals surface area contributed by atoms with E-state index in [1.54, 1.807) is 19.2 Å². The second kappa shape index (κ2) is 3.73. The van der Waals surface area contributed by atoms with Crippen LogP contribution >= 0.6 is 0 Å². The Hall–Kier alpha value is -1.84. The Bertz CT molecular complexity index is 482. The number of aryl methyl sites for hydroxylation is 1. The molecule has 0 N–H and O–H groups in total. The van der Waals surface area contributed by atoms with Crippen molar-refractivity contribution in [3.8, 4) is 0 Å². The highest BCUT2D eigenvalue weighted by molar-refractivity contribution is 5.93. The predicted molar refractivity (Wildman–Crippen MR) is 54.8 cm³/mol. The minimum absolute atomic E-state index is 0.0718. The van der Waals surface area contributed by atoms with Crippen LogP contribution in [0.2, 0.25) is 0 Å². The van der Waals surface area contributed by atoms with Gasteiger partial charge in [-0.25, -0.2) is 0 Å². The summed E-state index contributed by atoms with van der Waals surface area (Å²) < 4.78 is 6.98. The molecule has 0 aliphatic carbocycles. The van der Waals surface area contributed by atoms with E-state index in [2.05, 4.69) is 5.16 Å². The highest BCUT2D eigenvalue weighted by Gasteiger charge is 2.04. The van der Waals surface area contributed by atoms with Gasteiger partial charge in [0.2, 0.25) is 0 Å². The Balaban J connectivity index is 2.14. The van der Waals surface area contributed by atoms with E-state index in [4.69, 9.17) is 4.52 Å². The summed E-state index contributed by atoms with van der Waals surface area (Å²) in [6, 6.07) is 3.68. The first-order valence-electron chi connectivity index (χ1n) is 4.74. The number of nitrogens with zero attached hydrogens (tertiary/aromatic N) is 2. The number of ketones is 1. The molecule has 0 bridgehead atoms. The first-order valence-corrected chi connectivity index (χ1v) is 4.74. The SMILES string of the molecule is CC(=O)c1ccn(Cc2cc(C)no2)c1. The van der Waals surface area contributed by atoms with Crippen LogP contribution in [0, 0.1) is 6.92 Å². The van der Waals surface area contributed by atoms with E-state index in [1.165, 1.54) is 0 Å². The lowest BCUT2D eigenvalue weighted by molar-refractivity contribution is 0.101. The second-order valence-electron chi connectivity index (χ2n) is 3.56. The molecule has 2 aromatic heterocycles. The number of aromatic nitrogens is 2. The number of rotatable bonds is 3. The minimum atomic E-state index is 0.0718. The third kappa shape index (κ3) is 2.15. The van der Waals surface area contributed by atoms with Crippen LogP contribution in [0.5, 0.6) is 0 Å². The van der Waals surface area contributed by atoms with Gasteiger partial charge in [-0.1, -0.05) is 5.16 Å². The number of hydrogen-bond acceptors (Lipinski definition) is 3. The predicted octanol–water partition coefficient (Wildman–Crippen LogP) is 2.04. The van der Waals surface area contributed by atoms with Crippen molar-refractivity contribution >= 4 is 5.78 Å². The summed E-state index contributed by atoms with van der Waals surface area (Å²) in [4.78, 5) is 11.1. The van der Waals surface area contributed by atoms with E-state index < -0.39 is 0 Å². The van der Waals surface area contributed by atoms with Gasteiger partial charge in [0.1, 0.15) is 0 Å². The minimum Gasteiger partial charge on any atom is -0.359 e. The molecule has 78 valence electrons. The molecular weight excluding hydrogens is 192 g/mol. The molecule has 0 spiro atoms. The lowest BCUT2D eigenvalue weighted by atomic mass is 10.2. The summed E-state index contributed by atoms with van der Waals surface area (Å²) in [6.45, 7) is 4.04. The van der Waals surface area contributed by atoms with Crippen molar-refractivity contribution < 1.29 is 9.32 Å². The Morgan fingerprint density at radius 3 is 2.93 bits per heavy atom. The van der Waals surface area contributed by atoms with Gasteiger partial charge in [0.25, 0.3) is 0 Å². The lowest BCUT2D eigenvalue weighted by Gasteiger charge is -1.96. The smallest absolute Gasteiger partial charge is 0.161 e. The third-order valence-corrected chi connectivity index (χ3v) is 2.17. The fourth-order valence-corrected chi connectivity index (χ4v) is 1.42. The standard InChI is InChI=1S/C11H12N2O2/c1-8-5-11(15-12-8)7-13-4-3-10(6-13)9(2)14/h3-6H,7H2,1-2H3. The molecule has 0 aromatic carbocycles. The van der Waals surface area contributed by atoms with Gasteiger partial charge in [0, 0.05) is 24.0 Å². The van der Waals surface area contributed by atoms with Crippen molar-refractivity contribution in [2.24, 2.45) is 0 Å². The summed E-state index contributed by atoms with van der Waals surface area (Å²) in [5.74, 6) is 0.862. The van der Waals surface area contributed by atoms with E-state index in [0.29, 0.717) is 12.1 Å². The van der Waals surface area contributed by atoms with Crippen LogP contribution in [-0.4, -0.2) is 15.5 Å². The van der Waals surface area contributed by atoms with Crippen molar-refractivity contribution in [3.63, 3.8) is 0 Å². The molecule has 0 unspecified atom stereocenters. The summed E-state index contributed by atoms with van der Waals surface area (Å²) in [5.41, 5.74) is 1.58. The summed E-state index contributed by atoms with van der Waals surface area (Å²) in [6.07, 6.45) is 3.66. The average Bonchev–Trinajstić information content (AvgIpc) is 2.76. The molecule has 0 saturated heterocycles. The Morgan fingerprint density at radius 2 is 2.40 bits per heavy atom. The second-order valence-corrected chi connectivity index (χ2v) is 3.56. The maximum Gasteiger partial charge on any atom is 0.161 e. The summed E-state index contributed by atoms with van der Waals surface area (Å²) >= 11 is 0. The molecule has 2 rings (SSSR count). The van der Waals surface area contributed by atoms with Crippen LogP contribution in [0.25, 0.3) is 0 Å². The molecule has 0 aliphatic rings. The summed E-state index contributed by atoms with van der Waals surface area (Å²) in [7, 11) is 0. The van der Waals surface area contributed by atoms with E-state index in [9.17, 15) is 4.79 Å². The molecule has 4 nitrogen and oxygen atoms in total. The van der Waals surface area contributed by atoms with Gasteiger partial charge in [0.15, 0.2) is 11.5 Å². The summed E-state index contributed by atoms with van der Waals surface area (Å²) in [5, 5.41) is 3.80. The maximum absolute atomic E-state index is 11.1. The largest absolute Gasteiger partial charge is 0.359 e. The molecule has 0 aliphatic heterocycles.